The number of rotatable bonds is 4. The van der Waals surface area contributed by atoms with Gasteiger partial charge in [0, 0.05) is 29.1 Å². The van der Waals surface area contributed by atoms with Crippen LogP contribution in [0.5, 0.6) is 0 Å². The fourth-order valence-electron chi connectivity index (χ4n) is 2.56. The summed E-state index contributed by atoms with van der Waals surface area (Å²) in [6.45, 7) is 2.13. The molecule has 2 nitrogen and oxygen atoms in total. The molecular formula is C17H18N2S. The Balaban J connectivity index is 1.96. The Labute approximate surface area is 123 Å². The molecule has 0 aliphatic heterocycles. The molecule has 1 aromatic carbocycles. The number of fused-ring (bicyclic) bond motifs is 1. The summed E-state index contributed by atoms with van der Waals surface area (Å²) < 4.78 is 1.35. The van der Waals surface area contributed by atoms with E-state index in [-0.39, 0.29) is 0 Å². The lowest BCUT2D eigenvalue weighted by Gasteiger charge is -2.16. The van der Waals surface area contributed by atoms with Crippen molar-refractivity contribution in [2.45, 2.75) is 19.4 Å². The molecule has 0 aliphatic carbocycles. The fourth-order valence-corrected chi connectivity index (χ4v) is 3.58. The van der Waals surface area contributed by atoms with E-state index in [1.807, 2.05) is 30.6 Å². The number of thiophene rings is 1. The maximum absolute atomic E-state index is 4.52. The largest absolute Gasteiger partial charge is 0.313 e. The van der Waals surface area contributed by atoms with Gasteiger partial charge in [0.2, 0.25) is 0 Å². The molecule has 3 rings (SSSR count). The Bertz CT molecular complexity index is 718. The molecule has 20 heavy (non-hydrogen) atoms. The van der Waals surface area contributed by atoms with Gasteiger partial charge in [0.05, 0.1) is 0 Å². The highest BCUT2D eigenvalue weighted by molar-refractivity contribution is 7.17. The molecule has 3 heteroatoms. The van der Waals surface area contributed by atoms with E-state index in [2.05, 4.69) is 52.9 Å². The second-order valence-electron chi connectivity index (χ2n) is 5.00. The van der Waals surface area contributed by atoms with Gasteiger partial charge in [0.15, 0.2) is 0 Å². The molecule has 1 N–H and O–H groups in total. The van der Waals surface area contributed by atoms with Crippen LogP contribution in [0.2, 0.25) is 0 Å². The van der Waals surface area contributed by atoms with Gasteiger partial charge in [-0.25, -0.2) is 0 Å². The maximum atomic E-state index is 4.52. The van der Waals surface area contributed by atoms with Crippen LogP contribution in [0.4, 0.5) is 0 Å². The Hall–Kier alpha value is -1.71. The van der Waals surface area contributed by atoms with Gasteiger partial charge in [-0.3, -0.25) is 4.98 Å². The van der Waals surface area contributed by atoms with Crippen molar-refractivity contribution in [3.8, 4) is 0 Å². The van der Waals surface area contributed by atoms with Crippen LogP contribution >= 0.6 is 11.3 Å². The van der Waals surface area contributed by atoms with E-state index in [1.54, 1.807) is 0 Å². The van der Waals surface area contributed by atoms with Crippen LogP contribution in [-0.4, -0.2) is 12.0 Å². The number of nitrogens with zero attached hydrogens (tertiary/aromatic N) is 1. The molecule has 0 aliphatic rings. The van der Waals surface area contributed by atoms with Crippen molar-refractivity contribution >= 4 is 21.4 Å². The predicted octanol–water partition coefficient (Wildman–Crippen LogP) is 4.11. The first kappa shape index (κ1) is 13.3. The van der Waals surface area contributed by atoms with Crippen molar-refractivity contribution in [2.24, 2.45) is 0 Å². The molecule has 1 atom stereocenters. The molecule has 102 valence electrons. The van der Waals surface area contributed by atoms with Crippen molar-refractivity contribution in [1.82, 2.24) is 10.3 Å². The van der Waals surface area contributed by atoms with Crippen molar-refractivity contribution in [3.63, 3.8) is 0 Å². The van der Waals surface area contributed by atoms with Crippen molar-refractivity contribution < 1.29 is 0 Å². The van der Waals surface area contributed by atoms with Gasteiger partial charge < -0.3 is 5.32 Å². The number of likely N-dealkylation sites (N-methyl/N-ethyl adjacent to an activating group) is 1. The lowest BCUT2D eigenvalue weighted by molar-refractivity contribution is 0.588. The summed E-state index contributed by atoms with van der Waals surface area (Å²) in [5.74, 6) is 0. The highest BCUT2D eigenvalue weighted by Crippen LogP contribution is 2.31. The summed E-state index contributed by atoms with van der Waals surface area (Å²) in [7, 11) is 2.02. The first-order valence-electron chi connectivity index (χ1n) is 6.83. The minimum atomic E-state index is 0.305. The highest BCUT2D eigenvalue weighted by atomic mass is 32.1. The summed E-state index contributed by atoms with van der Waals surface area (Å²) in [4.78, 5) is 4.52. The number of nitrogens with one attached hydrogen (secondary N) is 1. The third kappa shape index (κ3) is 2.47. The second kappa shape index (κ2) is 5.73. The maximum Gasteiger partial charge on any atom is 0.0451 e. The Kier molecular flexibility index (Phi) is 3.81. The molecule has 1 unspecified atom stereocenters. The predicted molar refractivity (Wildman–Crippen MR) is 86.3 cm³/mol. The van der Waals surface area contributed by atoms with Crippen LogP contribution in [0.3, 0.4) is 0 Å². The summed E-state index contributed by atoms with van der Waals surface area (Å²) >= 11 is 1.81. The van der Waals surface area contributed by atoms with Crippen LogP contribution in [0.1, 0.15) is 22.9 Å². The molecule has 0 amide bonds. The Morgan fingerprint density at radius 3 is 2.85 bits per heavy atom. The average molecular weight is 282 g/mol. The normalized spacial score (nSPS) is 12.7. The number of hydrogen-bond acceptors (Lipinski definition) is 3. The summed E-state index contributed by atoms with van der Waals surface area (Å²) in [5.41, 5.74) is 3.80. The van der Waals surface area contributed by atoms with E-state index in [1.165, 1.54) is 26.9 Å². The van der Waals surface area contributed by atoms with Crippen LogP contribution in [0, 0.1) is 6.92 Å². The SMILES string of the molecule is CNC(Cc1ncccc1C)c1csc2ccccc12. The van der Waals surface area contributed by atoms with Crippen LogP contribution in [0.25, 0.3) is 10.1 Å². The monoisotopic (exact) mass is 282 g/mol. The number of aromatic nitrogens is 1. The lowest BCUT2D eigenvalue weighted by Crippen LogP contribution is -2.19. The number of hydrogen-bond donors (Lipinski definition) is 1. The average Bonchev–Trinajstić information content (AvgIpc) is 2.90. The first-order valence-corrected chi connectivity index (χ1v) is 7.71. The first-order chi connectivity index (χ1) is 9.79. The van der Waals surface area contributed by atoms with Gasteiger partial charge in [0.25, 0.3) is 0 Å². The van der Waals surface area contributed by atoms with Crippen LogP contribution in [-0.2, 0) is 6.42 Å². The van der Waals surface area contributed by atoms with Gasteiger partial charge in [-0.15, -0.1) is 11.3 Å². The van der Waals surface area contributed by atoms with E-state index in [0.717, 1.165) is 6.42 Å². The minimum Gasteiger partial charge on any atom is -0.313 e. The molecular weight excluding hydrogens is 264 g/mol. The van der Waals surface area contributed by atoms with E-state index < -0.39 is 0 Å². The molecule has 0 saturated carbocycles. The molecule has 2 heterocycles. The summed E-state index contributed by atoms with van der Waals surface area (Å²) in [6, 6.07) is 13.0. The molecule has 2 aromatic heterocycles. The topological polar surface area (TPSA) is 24.9 Å². The Morgan fingerprint density at radius 2 is 2.05 bits per heavy atom. The van der Waals surface area contributed by atoms with Crippen molar-refractivity contribution in [1.29, 1.82) is 0 Å². The molecule has 0 fully saturated rings. The van der Waals surface area contributed by atoms with Gasteiger partial charge in [0.1, 0.15) is 0 Å². The van der Waals surface area contributed by atoms with E-state index in [0.29, 0.717) is 6.04 Å². The van der Waals surface area contributed by atoms with Crippen LogP contribution in [0.15, 0.2) is 48.0 Å². The third-order valence-electron chi connectivity index (χ3n) is 3.75. The summed E-state index contributed by atoms with van der Waals surface area (Å²) in [6.07, 6.45) is 2.80. The molecule has 0 spiro atoms. The zero-order chi connectivity index (χ0) is 13.9. The molecule has 0 saturated heterocycles. The minimum absolute atomic E-state index is 0.305. The lowest BCUT2D eigenvalue weighted by atomic mass is 9.99. The van der Waals surface area contributed by atoms with E-state index >= 15 is 0 Å². The molecule has 3 aromatic rings. The summed E-state index contributed by atoms with van der Waals surface area (Å²) in [5, 5.41) is 7.06. The van der Waals surface area contributed by atoms with Gasteiger partial charge in [-0.1, -0.05) is 24.3 Å². The Morgan fingerprint density at radius 1 is 1.20 bits per heavy atom. The fraction of sp³-hybridized carbons (Fsp3) is 0.235. The number of aryl methyl sites for hydroxylation is 1. The smallest absolute Gasteiger partial charge is 0.0451 e. The van der Waals surface area contributed by atoms with Crippen molar-refractivity contribution in [3.05, 3.63) is 64.8 Å². The zero-order valence-electron chi connectivity index (χ0n) is 11.8. The van der Waals surface area contributed by atoms with E-state index in [9.17, 15) is 0 Å². The highest BCUT2D eigenvalue weighted by Gasteiger charge is 2.16. The number of pyridine rings is 1. The third-order valence-corrected chi connectivity index (χ3v) is 4.73. The van der Waals surface area contributed by atoms with Gasteiger partial charge in [-0.2, -0.15) is 0 Å². The number of benzene rings is 1. The van der Waals surface area contributed by atoms with E-state index in [4.69, 9.17) is 0 Å². The second-order valence-corrected chi connectivity index (χ2v) is 5.91. The van der Waals surface area contributed by atoms with Crippen molar-refractivity contribution in [2.75, 3.05) is 7.05 Å². The quantitative estimate of drug-likeness (QED) is 0.779. The standard InChI is InChI=1S/C17H18N2S/c1-12-6-5-9-19-15(12)10-16(18-2)14-11-20-17-8-4-3-7-13(14)17/h3-9,11,16,18H,10H2,1-2H3. The zero-order valence-corrected chi connectivity index (χ0v) is 12.6. The van der Waals surface area contributed by atoms with Gasteiger partial charge >= 0.3 is 0 Å². The molecule has 0 bridgehead atoms. The van der Waals surface area contributed by atoms with Crippen LogP contribution < -0.4 is 5.32 Å². The molecule has 0 radical (unpaired) electrons. The van der Waals surface area contributed by atoms with Gasteiger partial charge in [-0.05, 0) is 48.0 Å².